The second-order valence-corrected chi connectivity index (χ2v) is 5.10. The molecule has 0 aliphatic carbocycles. The highest BCUT2D eigenvalue weighted by atomic mass is 16.4. The number of benzene rings is 1. The van der Waals surface area contributed by atoms with Gasteiger partial charge in [0.25, 0.3) is 0 Å². The molecule has 0 spiro atoms. The summed E-state index contributed by atoms with van der Waals surface area (Å²) in [6.07, 6.45) is 0. The second-order valence-electron chi connectivity index (χ2n) is 5.10. The van der Waals surface area contributed by atoms with Gasteiger partial charge in [0.15, 0.2) is 0 Å². The van der Waals surface area contributed by atoms with E-state index in [1.807, 2.05) is 25.1 Å². The highest BCUT2D eigenvalue weighted by Crippen LogP contribution is 2.23. The first-order valence-electron chi connectivity index (χ1n) is 6.48. The van der Waals surface area contributed by atoms with E-state index in [0.717, 1.165) is 11.4 Å². The van der Waals surface area contributed by atoms with Crippen LogP contribution in [0, 0.1) is 6.92 Å². The Balaban J connectivity index is 2.46. The fourth-order valence-corrected chi connectivity index (χ4v) is 2.34. The number of carboxylic acid groups (broad SMARTS) is 1. The van der Waals surface area contributed by atoms with Crippen molar-refractivity contribution in [2.75, 3.05) is 0 Å². The minimum Gasteiger partial charge on any atom is -0.478 e. The van der Waals surface area contributed by atoms with Gasteiger partial charge >= 0.3 is 5.97 Å². The Hall–Kier alpha value is -2.03. The van der Waals surface area contributed by atoms with E-state index < -0.39 is 5.97 Å². The van der Waals surface area contributed by atoms with Crippen LogP contribution in [0.3, 0.4) is 0 Å². The van der Waals surface area contributed by atoms with Gasteiger partial charge in [-0.05, 0) is 24.5 Å². The fourth-order valence-electron chi connectivity index (χ4n) is 2.34. The molecule has 0 radical (unpaired) electrons. The first kappa shape index (κ1) is 13.4. The van der Waals surface area contributed by atoms with E-state index in [4.69, 9.17) is 0 Å². The third-order valence-electron chi connectivity index (χ3n) is 3.40. The summed E-state index contributed by atoms with van der Waals surface area (Å²) in [7, 11) is 0. The smallest absolute Gasteiger partial charge is 0.337 e. The quantitative estimate of drug-likeness (QED) is 0.908. The molecule has 0 fully saturated rings. The Kier molecular flexibility index (Phi) is 3.74. The summed E-state index contributed by atoms with van der Waals surface area (Å²) in [6, 6.07) is 11.9. The lowest BCUT2D eigenvalue weighted by atomic mass is 10.1. The standard InChI is InChI=1S/C16H19NO2/c1-11(2)15-9-14(16(18)19)12(3)17(15)10-13-7-5-4-6-8-13/h4-9,11H,10H2,1-3H3,(H,18,19). The van der Waals surface area contributed by atoms with Crippen molar-refractivity contribution in [2.45, 2.75) is 33.2 Å². The molecule has 0 saturated heterocycles. The molecule has 2 aromatic rings. The maximum Gasteiger partial charge on any atom is 0.337 e. The predicted molar refractivity (Wildman–Crippen MR) is 75.8 cm³/mol. The van der Waals surface area contributed by atoms with Gasteiger partial charge in [-0.25, -0.2) is 4.79 Å². The maximum absolute atomic E-state index is 11.2. The molecule has 0 aliphatic heterocycles. The molecule has 0 aliphatic rings. The Morgan fingerprint density at radius 3 is 2.42 bits per heavy atom. The monoisotopic (exact) mass is 257 g/mol. The molecular weight excluding hydrogens is 238 g/mol. The first-order chi connectivity index (χ1) is 9.00. The van der Waals surface area contributed by atoms with Crippen molar-refractivity contribution in [1.29, 1.82) is 0 Å². The Bertz CT molecular complexity index is 582. The van der Waals surface area contributed by atoms with Crippen molar-refractivity contribution in [1.82, 2.24) is 4.57 Å². The van der Waals surface area contributed by atoms with Crippen LogP contribution >= 0.6 is 0 Å². The van der Waals surface area contributed by atoms with Crippen LogP contribution in [0.4, 0.5) is 0 Å². The molecule has 0 amide bonds. The zero-order valence-corrected chi connectivity index (χ0v) is 11.6. The molecule has 0 atom stereocenters. The zero-order valence-electron chi connectivity index (χ0n) is 11.6. The molecule has 100 valence electrons. The zero-order chi connectivity index (χ0) is 14.0. The minimum absolute atomic E-state index is 0.301. The fraction of sp³-hybridized carbons (Fsp3) is 0.312. The van der Waals surface area contributed by atoms with E-state index in [9.17, 15) is 9.90 Å². The van der Waals surface area contributed by atoms with Crippen LogP contribution in [-0.4, -0.2) is 15.6 Å². The van der Waals surface area contributed by atoms with E-state index in [2.05, 4.69) is 30.5 Å². The second kappa shape index (κ2) is 5.31. The normalized spacial score (nSPS) is 10.9. The summed E-state index contributed by atoms with van der Waals surface area (Å²) >= 11 is 0. The largest absolute Gasteiger partial charge is 0.478 e. The van der Waals surface area contributed by atoms with Gasteiger partial charge in [-0.2, -0.15) is 0 Å². The average molecular weight is 257 g/mol. The van der Waals surface area contributed by atoms with Crippen LogP contribution in [0.5, 0.6) is 0 Å². The SMILES string of the molecule is Cc1c(C(=O)O)cc(C(C)C)n1Cc1ccccc1. The third kappa shape index (κ3) is 2.70. The molecule has 1 aromatic heterocycles. The number of carboxylic acids is 1. The molecule has 0 unspecified atom stereocenters. The first-order valence-corrected chi connectivity index (χ1v) is 6.48. The number of aromatic carboxylic acids is 1. The number of carbonyl (C=O) groups is 1. The lowest BCUT2D eigenvalue weighted by Crippen LogP contribution is -2.08. The lowest BCUT2D eigenvalue weighted by molar-refractivity contribution is 0.0696. The van der Waals surface area contributed by atoms with Gasteiger partial charge in [-0.15, -0.1) is 0 Å². The van der Waals surface area contributed by atoms with Crippen molar-refractivity contribution < 1.29 is 9.90 Å². The highest BCUT2D eigenvalue weighted by Gasteiger charge is 2.18. The van der Waals surface area contributed by atoms with Crippen LogP contribution in [0.15, 0.2) is 36.4 Å². The average Bonchev–Trinajstić information content (AvgIpc) is 2.69. The van der Waals surface area contributed by atoms with Crippen molar-refractivity contribution in [3.8, 4) is 0 Å². The highest BCUT2D eigenvalue weighted by molar-refractivity contribution is 5.89. The molecule has 0 saturated carbocycles. The summed E-state index contributed by atoms with van der Waals surface area (Å²) in [4.78, 5) is 11.2. The van der Waals surface area contributed by atoms with Gasteiger partial charge in [0.1, 0.15) is 0 Å². The van der Waals surface area contributed by atoms with E-state index in [0.29, 0.717) is 18.0 Å². The van der Waals surface area contributed by atoms with Crippen molar-refractivity contribution in [3.63, 3.8) is 0 Å². The van der Waals surface area contributed by atoms with E-state index in [1.54, 1.807) is 6.07 Å². The summed E-state index contributed by atoms with van der Waals surface area (Å²) in [6.45, 7) is 6.76. The number of nitrogens with zero attached hydrogens (tertiary/aromatic N) is 1. The van der Waals surface area contributed by atoms with Gasteiger partial charge in [0.05, 0.1) is 5.56 Å². The van der Waals surface area contributed by atoms with Crippen LogP contribution in [-0.2, 0) is 6.54 Å². The number of hydrogen-bond acceptors (Lipinski definition) is 1. The summed E-state index contributed by atoms with van der Waals surface area (Å²) in [5.74, 6) is -0.554. The Morgan fingerprint density at radius 2 is 1.89 bits per heavy atom. The molecule has 1 heterocycles. The van der Waals surface area contributed by atoms with Gasteiger partial charge in [0.2, 0.25) is 0 Å². The van der Waals surface area contributed by atoms with Crippen LogP contribution in [0.2, 0.25) is 0 Å². The molecule has 0 bridgehead atoms. The van der Waals surface area contributed by atoms with Gasteiger partial charge in [-0.1, -0.05) is 44.2 Å². The van der Waals surface area contributed by atoms with Crippen molar-refractivity contribution in [2.24, 2.45) is 0 Å². The number of rotatable bonds is 4. The van der Waals surface area contributed by atoms with Crippen LogP contribution in [0.1, 0.15) is 47.1 Å². The molecule has 19 heavy (non-hydrogen) atoms. The predicted octanol–water partition coefficient (Wildman–Crippen LogP) is 3.67. The molecule has 1 aromatic carbocycles. The maximum atomic E-state index is 11.2. The topological polar surface area (TPSA) is 42.2 Å². The van der Waals surface area contributed by atoms with Gasteiger partial charge in [0, 0.05) is 17.9 Å². The molecule has 3 nitrogen and oxygen atoms in total. The molecule has 2 rings (SSSR count). The van der Waals surface area contributed by atoms with Crippen molar-refractivity contribution in [3.05, 3.63) is 58.9 Å². The Labute approximate surface area is 113 Å². The van der Waals surface area contributed by atoms with Crippen molar-refractivity contribution >= 4 is 5.97 Å². The minimum atomic E-state index is -0.855. The van der Waals surface area contributed by atoms with Gasteiger partial charge in [-0.3, -0.25) is 0 Å². The van der Waals surface area contributed by atoms with E-state index >= 15 is 0 Å². The van der Waals surface area contributed by atoms with Crippen LogP contribution < -0.4 is 0 Å². The van der Waals surface area contributed by atoms with Gasteiger partial charge < -0.3 is 9.67 Å². The molecular formula is C16H19NO2. The summed E-state index contributed by atoms with van der Waals surface area (Å²) in [5, 5.41) is 9.24. The molecule has 1 N–H and O–H groups in total. The molecule has 3 heteroatoms. The van der Waals surface area contributed by atoms with Crippen LogP contribution in [0.25, 0.3) is 0 Å². The Morgan fingerprint density at radius 1 is 1.26 bits per heavy atom. The van der Waals surface area contributed by atoms with E-state index in [-0.39, 0.29) is 0 Å². The lowest BCUT2D eigenvalue weighted by Gasteiger charge is -2.14. The number of aromatic nitrogens is 1. The summed E-state index contributed by atoms with van der Waals surface area (Å²) < 4.78 is 2.10. The van der Waals surface area contributed by atoms with E-state index in [1.165, 1.54) is 5.56 Å². The number of hydrogen-bond donors (Lipinski definition) is 1. The third-order valence-corrected chi connectivity index (χ3v) is 3.40. The summed E-state index contributed by atoms with van der Waals surface area (Å²) in [5.41, 5.74) is 3.47.